The van der Waals surface area contributed by atoms with Crippen LogP contribution in [0.15, 0.2) is 24.3 Å². The van der Waals surface area contributed by atoms with Gasteiger partial charge in [0, 0.05) is 25.0 Å². The molecule has 0 aliphatic carbocycles. The summed E-state index contributed by atoms with van der Waals surface area (Å²) < 4.78 is 18.3. The van der Waals surface area contributed by atoms with Crippen LogP contribution in [-0.4, -0.2) is 44.8 Å². The molecule has 0 bridgehead atoms. The summed E-state index contributed by atoms with van der Waals surface area (Å²) in [5.41, 5.74) is 1.14. The van der Waals surface area contributed by atoms with Gasteiger partial charge in [-0.05, 0) is 31.8 Å². The monoisotopic (exact) mass is 252 g/mol. The third kappa shape index (κ3) is 3.51. The molecule has 1 saturated heterocycles. The maximum atomic E-state index is 12.8. The van der Waals surface area contributed by atoms with Crippen LogP contribution in [0, 0.1) is 11.7 Å². The summed E-state index contributed by atoms with van der Waals surface area (Å²) in [5, 5.41) is 3.29. The van der Waals surface area contributed by atoms with Crippen LogP contribution in [-0.2, 0) is 11.3 Å². The number of hydrogen-bond donors (Lipinski definition) is 1. The highest BCUT2D eigenvalue weighted by atomic mass is 19.1. The minimum atomic E-state index is -0.180. The molecule has 0 aromatic heterocycles. The van der Waals surface area contributed by atoms with E-state index in [1.807, 2.05) is 19.2 Å². The first-order valence-corrected chi connectivity index (χ1v) is 6.37. The molecule has 2 atom stereocenters. The molecule has 0 radical (unpaired) electrons. The van der Waals surface area contributed by atoms with Crippen molar-refractivity contribution in [1.82, 2.24) is 10.2 Å². The van der Waals surface area contributed by atoms with E-state index in [9.17, 15) is 4.39 Å². The standard InChI is InChI=1S/C14H21FN2O/c1-16-14-10-18-9-12(14)8-17(2)7-11-3-5-13(15)6-4-11/h3-6,12,14,16H,7-10H2,1-2H3. The normalized spacial score (nSPS) is 23.8. The highest BCUT2D eigenvalue weighted by Gasteiger charge is 2.27. The highest BCUT2D eigenvalue weighted by Crippen LogP contribution is 2.15. The van der Waals surface area contributed by atoms with Crippen LogP contribution in [0.1, 0.15) is 5.56 Å². The van der Waals surface area contributed by atoms with E-state index in [0.29, 0.717) is 12.0 Å². The Labute approximate surface area is 108 Å². The Hall–Kier alpha value is -0.970. The minimum Gasteiger partial charge on any atom is -0.379 e. The third-order valence-corrected chi connectivity index (χ3v) is 3.48. The summed E-state index contributed by atoms with van der Waals surface area (Å²) in [6.45, 7) is 3.45. The highest BCUT2D eigenvalue weighted by molar-refractivity contribution is 5.15. The van der Waals surface area contributed by atoms with E-state index in [2.05, 4.69) is 17.3 Å². The maximum Gasteiger partial charge on any atom is 0.123 e. The van der Waals surface area contributed by atoms with Crippen molar-refractivity contribution in [2.45, 2.75) is 12.6 Å². The Balaban J connectivity index is 1.84. The third-order valence-electron chi connectivity index (χ3n) is 3.48. The van der Waals surface area contributed by atoms with Crippen molar-refractivity contribution in [2.75, 3.05) is 33.9 Å². The van der Waals surface area contributed by atoms with Gasteiger partial charge >= 0.3 is 0 Å². The summed E-state index contributed by atoms with van der Waals surface area (Å²) in [6.07, 6.45) is 0. The van der Waals surface area contributed by atoms with Crippen LogP contribution >= 0.6 is 0 Å². The van der Waals surface area contributed by atoms with E-state index in [0.717, 1.165) is 31.9 Å². The van der Waals surface area contributed by atoms with Crippen LogP contribution < -0.4 is 5.32 Å². The molecule has 18 heavy (non-hydrogen) atoms. The number of benzene rings is 1. The van der Waals surface area contributed by atoms with Gasteiger partial charge in [-0.15, -0.1) is 0 Å². The molecule has 1 aromatic carbocycles. The fourth-order valence-electron chi connectivity index (χ4n) is 2.46. The van der Waals surface area contributed by atoms with Gasteiger partial charge in [0.05, 0.1) is 13.2 Å². The Morgan fingerprint density at radius 2 is 2.06 bits per heavy atom. The second-order valence-electron chi connectivity index (χ2n) is 5.02. The average Bonchev–Trinajstić information content (AvgIpc) is 2.79. The van der Waals surface area contributed by atoms with Crippen molar-refractivity contribution in [3.05, 3.63) is 35.6 Å². The molecular formula is C14H21FN2O. The summed E-state index contributed by atoms with van der Waals surface area (Å²) in [6, 6.07) is 7.15. The summed E-state index contributed by atoms with van der Waals surface area (Å²) in [5.74, 6) is 0.348. The Morgan fingerprint density at radius 3 is 2.72 bits per heavy atom. The Morgan fingerprint density at radius 1 is 1.33 bits per heavy atom. The van der Waals surface area contributed by atoms with Gasteiger partial charge in [-0.25, -0.2) is 4.39 Å². The molecule has 3 nitrogen and oxygen atoms in total. The number of nitrogens with zero attached hydrogens (tertiary/aromatic N) is 1. The Bertz CT molecular complexity index is 369. The number of ether oxygens (including phenoxy) is 1. The van der Waals surface area contributed by atoms with Crippen molar-refractivity contribution >= 4 is 0 Å². The maximum absolute atomic E-state index is 12.8. The topological polar surface area (TPSA) is 24.5 Å². The van der Waals surface area contributed by atoms with Gasteiger partial charge in [0.15, 0.2) is 0 Å². The molecule has 4 heteroatoms. The van der Waals surface area contributed by atoms with E-state index >= 15 is 0 Å². The van der Waals surface area contributed by atoms with Crippen LogP contribution in [0.3, 0.4) is 0 Å². The van der Waals surface area contributed by atoms with Gasteiger partial charge in [0.25, 0.3) is 0 Å². The molecule has 2 unspecified atom stereocenters. The van der Waals surface area contributed by atoms with Crippen molar-refractivity contribution in [2.24, 2.45) is 5.92 Å². The molecule has 1 heterocycles. The lowest BCUT2D eigenvalue weighted by molar-refractivity contribution is 0.172. The van der Waals surface area contributed by atoms with Crippen LogP contribution in [0.5, 0.6) is 0 Å². The molecule has 0 saturated carbocycles. The van der Waals surface area contributed by atoms with Crippen LogP contribution in [0.4, 0.5) is 4.39 Å². The quantitative estimate of drug-likeness (QED) is 0.859. The lowest BCUT2D eigenvalue weighted by Gasteiger charge is -2.24. The number of hydrogen-bond acceptors (Lipinski definition) is 3. The smallest absolute Gasteiger partial charge is 0.123 e. The zero-order valence-electron chi connectivity index (χ0n) is 11.0. The van der Waals surface area contributed by atoms with Crippen LogP contribution in [0.2, 0.25) is 0 Å². The molecule has 1 N–H and O–H groups in total. The SMILES string of the molecule is CNC1COCC1CN(C)Cc1ccc(F)cc1. The van der Waals surface area contributed by atoms with Crippen molar-refractivity contribution in [1.29, 1.82) is 0 Å². The molecule has 100 valence electrons. The summed E-state index contributed by atoms with van der Waals surface area (Å²) >= 11 is 0. The van der Waals surface area contributed by atoms with E-state index < -0.39 is 0 Å². The average molecular weight is 252 g/mol. The van der Waals surface area contributed by atoms with Crippen LogP contribution in [0.25, 0.3) is 0 Å². The zero-order valence-corrected chi connectivity index (χ0v) is 11.0. The fourth-order valence-corrected chi connectivity index (χ4v) is 2.46. The first kappa shape index (κ1) is 13.5. The van der Waals surface area contributed by atoms with E-state index in [1.54, 1.807) is 0 Å². The summed E-state index contributed by atoms with van der Waals surface area (Å²) in [4.78, 5) is 2.26. The van der Waals surface area contributed by atoms with Crippen molar-refractivity contribution in [3.8, 4) is 0 Å². The summed E-state index contributed by atoms with van der Waals surface area (Å²) in [7, 11) is 4.07. The molecule has 0 amide bonds. The second kappa shape index (κ2) is 6.27. The molecular weight excluding hydrogens is 231 g/mol. The molecule has 1 aromatic rings. The predicted octanol–water partition coefficient (Wildman–Crippen LogP) is 1.49. The first-order chi connectivity index (χ1) is 8.69. The van der Waals surface area contributed by atoms with Gasteiger partial charge in [0.2, 0.25) is 0 Å². The minimum absolute atomic E-state index is 0.180. The number of likely N-dealkylation sites (N-methyl/N-ethyl adjacent to an activating group) is 1. The Kier molecular flexibility index (Phi) is 4.69. The van der Waals surface area contributed by atoms with E-state index in [-0.39, 0.29) is 5.82 Å². The van der Waals surface area contributed by atoms with E-state index in [4.69, 9.17) is 4.74 Å². The first-order valence-electron chi connectivity index (χ1n) is 6.37. The molecule has 2 rings (SSSR count). The molecule has 1 fully saturated rings. The second-order valence-corrected chi connectivity index (χ2v) is 5.02. The number of halogens is 1. The number of nitrogens with one attached hydrogen (secondary N) is 1. The zero-order chi connectivity index (χ0) is 13.0. The van der Waals surface area contributed by atoms with Crippen molar-refractivity contribution < 1.29 is 9.13 Å². The van der Waals surface area contributed by atoms with Crippen molar-refractivity contribution in [3.63, 3.8) is 0 Å². The fraction of sp³-hybridized carbons (Fsp3) is 0.571. The largest absolute Gasteiger partial charge is 0.379 e. The predicted molar refractivity (Wildman–Crippen MR) is 69.9 cm³/mol. The van der Waals surface area contributed by atoms with Gasteiger partial charge < -0.3 is 15.0 Å². The van der Waals surface area contributed by atoms with Gasteiger partial charge in [-0.3, -0.25) is 0 Å². The van der Waals surface area contributed by atoms with E-state index in [1.165, 1.54) is 12.1 Å². The lowest BCUT2D eigenvalue weighted by atomic mass is 10.0. The number of rotatable bonds is 5. The van der Waals surface area contributed by atoms with Gasteiger partial charge in [-0.2, -0.15) is 0 Å². The molecule has 1 aliphatic heterocycles. The van der Waals surface area contributed by atoms with Gasteiger partial charge in [-0.1, -0.05) is 12.1 Å². The lowest BCUT2D eigenvalue weighted by Crippen LogP contribution is -2.38. The molecule has 1 aliphatic rings. The molecule has 0 spiro atoms. The van der Waals surface area contributed by atoms with Gasteiger partial charge in [0.1, 0.15) is 5.82 Å².